The summed E-state index contributed by atoms with van der Waals surface area (Å²) in [7, 11) is 0. The smallest absolute Gasteiger partial charge is 0.253 e. The molecule has 1 aliphatic carbocycles. The lowest BCUT2D eigenvalue weighted by Gasteiger charge is -2.41. The molecular formula is C13H22F2O. The van der Waals surface area contributed by atoms with Crippen molar-refractivity contribution in [2.24, 2.45) is 17.8 Å². The van der Waals surface area contributed by atoms with Crippen LogP contribution in [0.3, 0.4) is 0 Å². The molecule has 0 aromatic heterocycles. The molecule has 0 amide bonds. The SMILES string of the molecule is CC1CCC(C2CCC(C)CC2(F)F)OC1. The van der Waals surface area contributed by atoms with E-state index in [9.17, 15) is 8.78 Å². The van der Waals surface area contributed by atoms with E-state index in [2.05, 4.69) is 6.92 Å². The monoisotopic (exact) mass is 232 g/mol. The summed E-state index contributed by atoms with van der Waals surface area (Å²) in [6.45, 7) is 4.71. The number of alkyl halides is 2. The summed E-state index contributed by atoms with van der Waals surface area (Å²) in [5.41, 5.74) is 0. The fourth-order valence-electron chi connectivity index (χ4n) is 3.07. The molecule has 0 radical (unpaired) electrons. The lowest BCUT2D eigenvalue weighted by Crippen LogP contribution is -2.45. The standard InChI is InChI=1S/C13H22F2O/c1-9-3-5-11(13(14,15)7-9)12-6-4-10(2)8-16-12/h9-12H,3-8H2,1-2H3. The number of hydrogen-bond donors (Lipinski definition) is 0. The maximum atomic E-state index is 13.9. The highest BCUT2D eigenvalue weighted by atomic mass is 19.3. The topological polar surface area (TPSA) is 9.23 Å². The highest BCUT2D eigenvalue weighted by Crippen LogP contribution is 2.45. The molecule has 1 heterocycles. The van der Waals surface area contributed by atoms with E-state index in [0.717, 1.165) is 19.3 Å². The summed E-state index contributed by atoms with van der Waals surface area (Å²) >= 11 is 0. The Kier molecular flexibility index (Phi) is 3.53. The second kappa shape index (κ2) is 4.59. The van der Waals surface area contributed by atoms with Crippen molar-refractivity contribution in [3.63, 3.8) is 0 Å². The number of hydrogen-bond acceptors (Lipinski definition) is 1. The van der Waals surface area contributed by atoms with Crippen molar-refractivity contribution in [2.45, 2.75) is 58.0 Å². The average Bonchev–Trinajstić information content (AvgIpc) is 2.18. The summed E-state index contributed by atoms with van der Waals surface area (Å²) in [4.78, 5) is 0. The minimum absolute atomic E-state index is 0.0487. The van der Waals surface area contributed by atoms with Crippen LogP contribution in [-0.2, 0) is 4.74 Å². The molecule has 1 saturated carbocycles. The summed E-state index contributed by atoms with van der Waals surface area (Å²) in [5.74, 6) is -2.35. The zero-order chi connectivity index (χ0) is 11.8. The first-order valence-corrected chi connectivity index (χ1v) is 6.48. The van der Waals surface area contributed by atoms with Gasteiger partial charge in [0.2, 0.25) is 0 Å². The van der Waals surface area contributed by atoms with Crippen LogP contribution in [0.2, 0.25) is 0 Å². The van der Waals surface area contributed by atoms with Gasteiger partial charge in [-0.25, -0.2) is 8.78 Å². The van der Waals surface area contributed by atoms with Crippen LogP contribution < -0.4 is 0 Å². The minimum Gasteiger partial charge on any atom is -0.377 e. The third kappa shape index (κ3) is 2.55. The molecule has 0 bridgehead atoms. The van der Waals surface area contributed by atoms with Crippen LogP contribution in [0, 0.1) is 17.8 Å². The Labute approximate surface area is 96.6 Å². The lowest BCUT2D eigenvalue weighted by molar-refractivity contribution is -0.166. The van der Waals surface area contributed by atoms with Crippen LogP contribution in [0.5, 0.6) is 0 Å². The molecule has 1 saturated heterocycles. The van der Waals surface area contributed by atoms with Gasteiger partial charge >= 0.3 is 0 Å². The molecule has 2 rings (SSSR count). The van der Waals surface area contributed by atoms with Gasteiger partial charge in [-0.05, 0) is 37.5 Å². The van der Waals surface area contributed by atoms with E-state index in [1.165, 1.54) is 0 Å². The fourth-order valence-corrected chi connectivity index (χ4v) is 3.07. The molecule has 0 aromatic carbocycles. The van der Waals surface area contributed by atoms with Gasteiger partial charge in [0.1, 0.15) is 0 Å². The molecule has 3 heteroatoms. The molecule has 0 spiro atoms. The number of halogens is 2. The van der Waals surface area contributed by atoms with Gasteiger partial charge in [-0.1, -0.05) is 13.8 Å². The molecule has 0 N–H and O–H groups in total. The highest BCUT2D eigenvalue weighted by molar-refractivity contribution is 4.90. The highest BCUT2D eigenvalue weighted by Gasteiger charge is 2.48. The van der Waals surface area contributed by atoms with Crippen LogP contribution in [0.4, 0.5) is 8.78 Å². The second-order valence-corrected chi connectivity index (χ2v) is 5.81. The Morgan fingerprint density at radius 2 is 1.69 bits per heavy atom. The molecule has 1 aliphatic heterocycles. The van der Waals surface area contributed by atoms with Crippen LogP contribution in [-0.4, -0.2) is 18.6 Å². The fraction of sp³-hybridized carbons (Fsp3) is 1.00. The van der Waals surface area contributed by atoms with Crippen molar-refractivity contribution in [2.75, 3.05) is 6.61 Å². The Hall–Kier alpha value is -0.180. The largest absolute Gasteiger partial charge is 0.377 e. The molecular weight excluding hydrogens is 210 g/mol. The van der Waals surface area contributed by atoms with Crippen LogP contribution in [0.1, 0.15) is 46.0 Å². The van der Waals surface area contributed by atoms with Crippen LogP contribution in [0.25, 0.3) is 0 Å². The third-order valence-electron chi connectivity index (χ3n) is 4.12. The molecule has 2 fully saturated rings. The van der Waals surface area contributed by atoms with Crippen molar-refractivity contribution in [1.82, 2.24) is 0 Å². The van der Waals surface area contributed by atoms with Gasteiger partial charge in [-0.3, -0.25) is 0 Å². The van der Waals surface area contributed by atoms with Crippen molar-refractivity contribution >= 4 is 0 Å². The van der Waals surface area contributed by atoms with Crippen LogP contribution >= 0.6 is 0 Å². The van der Waals surface area contributed by atoms with E-state index >= 15 is 0 Å². The van der Waals surface area contributed by atoms with E-state index in [4.69, 9.17) is 4.74 Å². The first-order valence-electron chi connectivity index (χ1n) is 6.48. The maximum absolute atomic E-state index is 13.9. The minimum atomic E-state index is -2.51. The zero-order valence-corrected chi connectivity index (χ0v) is 10.2. The van der Waals surface area contributed by atoms with Crippen molar-refractivity contribution < 1.29 is 13.5 Å². The van der Waals surface area contributed by atoms with Gasteiger partial charge in [-0.2, -0.15) is 0 Å². The number of ether oxygens (including phenoxy) is 1. The summed E-state index contributed by atoms with van der Waals surface area (Å²) in [5, 5.41) is 0. The first-order chi connectivity index (χ1) is 7.49. The van der Waals surface area contributed by atoms with E-state index < -0.39 is 11.8 Å². The van der Waals surface area contributed by atoms with E-state index in [-0.39, 0.29) is 18.4 Å². The average molecular weight is 232 g/mol. The Balaban J connectivity index is 1.98. The van der Waals surface area contributed by atoms with Gasteiger partial charge < -0.3 is 4.74 Å². The van der Waals surface area contributed by atoms with Gasteiger partial charge in [0.15, 0.2) is 0 Å². The first kappa shape index (κ1) is 12.3. The van der Waals surface area contributed by atoms with Crippen molar-refractivity contribution in [3.05, 3.63) is 0 Å². The van der Waals surface area contributed by atoms with E-state index in [1.54, 1.807) is 0 Å². The molecule has 1 nitrogen and oxygen atoms in total. The number of rotatable bonds is 1. The molecule has 94 valence electrons. The Bertz CT molecular complexity index is 234. The molecule has 4 atom stereocenters. The Morgan fingerprint density at radius 3 is 2.25 bits per heavy atom. The molecule has 16 heavy (non-hydrogen) atoms. The molecule has 2 aliphatic rings. The second-order valence-electron chi connectivity index (χ2n) is 5.81. The van der Waals surface area contributed by atoms with Crippen molar-refractivity contribution in [1.29, 1.82) is 0 Å². The predicted octanol–water partition coefficient (Wildman–Crippen LogP) is 3.87. The third-order valence-corrected chi connectivity index (χ3v) is 4.12. The van der Waals surface area contributed by atoms with Gasteiger partial charge in [0.05, 0.1) is 6.10 Å². The van der Waals surface area contributed by atoms with Gasteiger partial charge in [-0.15, -0.1) is 0 Å². The predicted molar refractivity (Wildman–Crippen MR) is 59.6 cm³/mol. The zero-order valence-electron chi connectivity index (χ0n) is 10.2. The summed E-state index contributed by atoms with van der Waals surface area (Å²) in [6.07, 6.45) is 3.26. The van der Waals surface area contributed by atoms with Crippen LogP contribution in [0.15, 0.2) is 0 Å². The van der Waals surface area contributed by atoms with Gasteiger partial charge in [0, 0.05) is 18.9 Å². The summed E-state index contributed by atoms with van der Waals surface area (Å²) in [6, 6.07) is 0. The quantitative estimate of drug-likeness (QED) is 0.666. The maximum Gasteiger partial charge on any atom is 0.253 e. The normalized spacial score (nSPS) is 44.2. The molecule has 4 unspecified atom stereocenters. The van der Waals surface area contributed by atoms with E-state index in [1.807, 2.05) is 6.92 Å². The molecule has 0 aromatic rings. The summed E-state index contributed by atoms with van der Waals surface area (Å²) < 4.78 is 33.5. The van der Waals surface area contributed by atoms with Crippen molar-refractivity contribution in [3.8, 4) is 0 Å². The Morgan fingerprint density at radius 1 is 1.00 bits per heavy atom. The lowest BCUT2D eigenvalue weighted by atomic mass is 9.75. The van der Waals surface area contributed by atoms with Gasteiger partial charge in [0.25, 0.3) is 5.92 Å². The van der Waals surface area contributed by atoms with E-state index in [0.29, 0.717) is 18.9 Å².